The van der Waals surface area contributed by atoms with Crippen LogP contribution in [0.25, 0.3) is 89.1 Å². The number of hydrogen-bond acceptors (Lipinski definition) is 3. The Morgan fingerprint density at radius 2 is 0.762 bits per heavy atom. The van der Waals surface area contributed by atoms with Crippen molar-refractivity contribution in [3.05, 3.63) is 259 Å². The van der Waals surface area contributed by atoms with E-state index in [9.17, 15) is 0 Å². The smallest absolute Gasteiger partial charge is 0.165 e. The van der Waals surface area contributed by atoms with Crippen molar-refractivity contribution in [3.63, 3.8) is 0 Å². The summed E-state index contributed by atoms with van der Waals surface area (Å²) >= 11 is 0. The van der Waals surface area contributed by atoms with Crippen LogP contribution in [0.3, 0.4) is 0 Å². The summed E-state index contributed by atoms with van der Waals surface area (Å²) < 4.78 is 0. The van der Waals surface area contributed by atoms with Crippen LogP contribution in [0.4, 0.5) is 0 Å². The normalized spacial score (nSPS) is 12.6. The molecule has 0 saturated carbocycles. The van der Waals surface area contributed by atoms with Crippen LogP contribution in [-0.2, 0) is 5.41 Å². The van der Waals surface area contributed by atoms with Crippen LogP contribution in [0, 0.1) is 0 Å². The zero-order valence-electron chi connectivity index (χ0n) is 34.4. The van der Waals surface area contributed by atoms with Crippen molar-refractivity contribution >= 4 is 21.5 Å². The standard InChI is InChI=1S/C60H39N3/c1-5-19-40(20-6-1)48-35-33-41-21-13-14-28-47(41)56(48)59-62-57(42-22-7-2-8-23-42)61-58(63-59)53-38-37-46(49-29-15-16-30-50(49)53)43-34-36-52-51-31-17-18-32-54(51)60(55(52)39-43,44-24-9-3-10-25-44)45-26-11-4-12-27-45/h1-39H. The number of fused-ring (bicyclic) bond motifs is 5. The van der Waals surface area contributed by atoms with Gasteiger partial charge in [-0.05, 0) is 89.3 Å². The molecule has 0 amide bonds. The predicted octanol–water partition coefficient (Wildman–Crippen LogP) is 14.9. The van der Waals surface area contributed by atoms with E-state index in [0.717, 1.165) is 60.5 Å². The first kappa shape index (κ1) is 36.6. The fourth-order valence-corrected chi connectivity index (χ4v) is 10.1. The van der Waals surface area contributed by atoms with Crippen LogP contribution >= 0.6 is 0 Å². The molecular weight excluding hydrogens is 763 g/mol. The third-order valence-corrected chi connectivity index (χ3v) is 12.8. The van der Waals surface area contributed by atoms with E-state index in [1.54, 1.807) is 0 Å². The molecule has 10 aromatic carbocycles. The van der Waals surface area contributed by atoms with Crippen molar-refractivity contribution < 1.29 is 0 Å². The van der Waals surface area contributed by atoms with Crippen LogP contribution in [-0.4, -0.2) is 15.0 Å². The summed E-state index contributed by atoms with van der Waals surface area (Å²) in [5.41, 5.74) is 14.5. The summed E-state index contributed by atoms with van der Waals surface area (Å²) in [7, 11) is 0. The minimum absolute atomic E-state index is 0.491. The fraction of sp³-hybridized carbons (Fsp3) is 0.0167. The second-order valence-electron chi connectivity index (χ2n) is 16.2. The van der Waals surface area contributed by atoms with Crippen LogP contribution in [0.5, 0.6) is 0 Å². The molecule has 0 radical (unpaired) electrons. The van der Waals surface area contributed by atoms with Crippen LogP contribution < -0.4 is 0 Å². The highest BCUT2D eigenvalue weighted by Gasteiger charge is 2.46. The Morgan fingerprint density at radius 3 is 1.48 bits per heavy atom. The Labute approximate surface area is 366 Å². The maximum Gasteiger partial charge on any atom is 0.165 e. The van der Waals surface area contributed by atoms with Crippen molar-refractivity contribution in [2.45, 2.75) is 5.41 Å². The van der Waals surface area contributed by atoms with E-state index in [4.69, 9.17) is 15.0 Å². The summed E-state index contributed by atoms with van der Waals surface area (Å²) in [6.07, 6.45) is 0. The third-order valence-electron chi connectivity index (χ3n) is 12.8. The van der Waals surface area contributed by atoms with Gasteiger partial charge in [0.05, 0.1) is 5.41 Å². The molecule has 12 rings (SSSR count). The van der Waals surface area contributed by atoms with Gasteiger partial charge in [0.2, 0.25) is 0 Å². The molecular formula is C60H39N3. The molecule has 0 aliphatic heterocycles. The van der Waals surface area contributed by atoms with Crippen LogP contribution in [0.15, 0.2) is 237 Å². The molecule has 0 atom stereocenters. The van der Waals surface area contributed by atoms with Crippen LogP contribution in [0.2, 0.25) is 0 Å². The van der Waals surface area contributed by atoms with Gasteiger partial charge in [0.1, 0.15) is 0 Å². The molecule has 1 aliphatic rings. The molecule has 294 valence electrons. The fourth-order valence-electron chi connectivity index (χ4n) is 10.1. The van der Waals surface area contributed by atoms with Gasteiger partial charge >= 0.3 is 0 Å². The van der Waals surface area contributed by atoms with E-state index < -0.39 is 5.41 Å². The molecule has 0 fully saturated rings. The first-order chi connectivity index (χ1) is 31.3. The number of rotatable bonds is 7. The highest BCUT2D eigenvalue weighted by Crippen LogP contribution is 2.57. The molecule has 3 nitrogen and oxygen atoms in total. The zero-order valence-corrected chi connectivity index (χ0v) is 34.4. The predicted molar refractivity (Wildman–Crippen MR) is 259 cm³/mol. The molecule has 63 heavy (non-hydrogen) atoms. The largest absolute Gasteiger partial charge is 0.208 e. The lowest BCUT2D eigenvalue weighted by atomic mass is 9.67. The Kier molecular flexibility index (Phi) is 8.72. The molecule has 1 aromatic heterocycles. The van der Waals surface area contributed by atoms with Crippen LogP contribution in [0.1, 0.15) is 22.3 Å². The van der Waals surface area contributed by atoms with Crippen molar-refractivity contribution in [1.82, 2.24) is 15.0 Å². The van der Waals surface area contributed by atoms with Gasteiger partial charge in [0, 0.05) is 16.7 Å². The molecule has 3 heteroatoms. The molecule has 1 heterocycles. The molecule has 0 spiro atoms. The maximum atomic E-state index is 5.42. The van der Waals surface area contributed by atoms with Crippen molar-refractivity contribution in [1.29, 1.82) is 0 Å². The van der Waals surface area contributed by atoms with Gasteiger partial charge in [-0.25, -0.2) is 15.0 Å². The average molecular weight is 802 g/mol. The lowest BCUT2D eigenvalue weighted by Crippen LogP contribution is -2.28. The number of nitrogens with zero attached hydrogens (tertiary/aromatic N) is 3. The van der Waals surface area contributed by atoms with Gasteiger partial charge in [-0.1, -0.05) is 224 Å². The first-order valence-corrected chi connectivity index (χ1v) is 21.5. The SMILES string of the molecule is c1ccc(-c2nc(-c3c(-c4ccccc4)ccc4ccccc34)nc(-c3ccc(-c4ccc5c(c4)C(c4ccccc4)(c4ccccc4)c4ccccc4-5)c4ccccc34)n2)cc1. The zero-order chi connectivity index (χ0) is 41.7. The third kappa shape index (κ3) is 5.93. The Hall–Kier alpha value is -8.27. The molecule has 1 aliphatic carbocycles. The summed E-state index contributed by atoms with van der Waals surface area (Å²) in [4.78, 5) is 16.0. The molecule has 0 unspecified atom stereocenters. The van der Waals surface area contributed by atoms with E-state index in [1.165, 1.54) is 33.4 Å². The molecule has 0 N–H and O–H groups in total. The van der Waals surface area contributed by atoms with Crippen molar-refractivity contribution in [2.75, 3.05) is 0 Å². The van der Waals surface area contributed by atoms with E-state index in [-0.39, 0.29) is 0 Å². The summed E-state index contributed by atoms with van der Waals surface area (Å²) in [6.45, 7) is 0. The number of hydrogen-bond donors (Lipinski definition) is 0. The van der Waals surface area contributed by atoms with Gasteiger partial charge in [-0.15, -0.1) is 0 Å². The van der Waals surface area contributed by atoms with Crippen molar-refractivity contribution in [2.24, 2.45) is 0 Å². The Morgan fingerprint density at radius 1 is 0.270 bits per heavy atom. The van der Waals surface area contributed by atoms with E-state index in [0.29, 0.717) is 17.5 Å². The molecule has 0 bridgehead atoms. The van der Waals surface area contributed by atoms with E-state index >= 15 is 0 Å². The van der Waals surface area contributed by atoms with E-state index in [1.807, 2.05) is 18.2 Å². The second kappa shape index (κ2) is 15.0. The lowest BCUT2D eigenvalue weighted by molar-refractivity contribution is 0.769. The quantitative estimate of drug-likeness (QED) is 0.161. The van der Waals surface area contributed by atoms with Crippen molar-refractivity contribution in [3.8, 4) is 67.5 Å². The highest BCUT2D eigenvalue weighted by atomic mass is 15.0. The number of aromatic nitrogens is 3. The number of benzene rings is 10. The maximum absolute atomic E-state index is 5.42. The van der Waals surface area contributed by atoms with E-state index in [2.05, 4.69) is 218 Å². The topological polar surface area (TPSA) is 38.7 Å². The Balaban J connectivity index is 1.08. The second-order valence-corrected chi connectivity index (χ2v) is 16.2. The highest BCUT2D eigenvalue weighted by molar-refractivity contribution is 6.06. The lowest BCUT2D eigenvalue weighted by Gasteiger charge is -2.34. The van der Waals surface area contributed by atoms with Gasteiger partial charge in [-0.2, -0.15) is 0 Å². The van der Waals surface area contributed by atoms with Gasteiger partial charge < -0.3 is 0 Å². The molecule has 11 aromatic rings. The minimum Gasteiger partial charge on any atom is -0.208 e. The minimum atomic E-state index is -0.491. The van der Waals surface area contributed by atoms with Gasteiger partial charge in [0.25, 0.3) is 0 Å². The Bertz CT molecular complexity index is 3450. The summed E-state index contributed by atoms with van der Waals surface area (Å²) in [5, 5.41) is 4.43. The monoisotopic (exact) mass is 801 g/mol. The van der Waals surface area contributed by atoms with Gasteiger partial charge in [-0.3, -0.25) is 0 Å². The summed E-state index contributed by atoms with van der Waals surface area (Å²) in [5.74, 6) is 1.90. The first-order valence-electron chi connectivity index (χ1n) is 21.5. The van der Waals surface area contributed by atoms with Gasteiger partial charge in [0.15, 0.2) is 17.5 Å². The average Bonchev–Trinajstić information content (AvgIpc) is 3.67. The molecule has 0 saturated heterocycles. The summed E-state index contributed by atoms with van der Waals surface area (Å²) in [6, 6.07) is 84.8.